The molecule has 0 saturated carbocycles. The number of hydrogen-bond acceptors (Lipinski definition) is 4. The Balaban J connectivity index is 1.64. The quantitative estimate of drug-likeness (QED) is 0.294. The zero-order valence-corrected chi connectivity index (χ0v) is 19.0. The number of hydrogen-bond donors (Lipinski definition) is 2. The number of carbonyl (C=O) groups excluding carboxylic acids is 2. The number of nitrogens with zero attached hydrogens (tertiary/aromatic N) is 3. The summed E-state index contributed by atoms with van der Waals surface area (Å²) in [4.78, 5) is 28.2. The molecule has 184 valence electrons. The normalized spacial score (nSPS) is 13.2. The molecule has 0 saturated heterocycles. The van der Waals surface area contributed by atoms with Gasteiger partial charge >= 0.3 is 12.4 Å². The second kappa shape index (κ2) is 8.05. The van der Waals surface area contributed by atoms with Crippen molar-refractivity contribution in [1.82, 2.24) is 14.8 Å². The van der Waals surface area contributed by atoms with E-state index in [4.69, 9.17) is 0 Å². The van der Waals surface area contributed by atoms with Crippen LogP contribution in [0.3, 0.4) is 0 Å². The van der Waals surface area contributed by atoms with Gasteiger partial charge < -0.3 is 10.6 Å². The van der Waals surface area contributed by atoms with Crippen molar-refractivity contribution >= 4 is 49.9 Å². The predicted octanol–water partition coefficient (Wildman–Crippen LogP) is 6.04. The SMILES string of the molecule is O=C(Nc1ccnc(C(F)(F)F)c1)c1cnn(-c2cc(Br)c3c4c(cccc24)C(=O)N3)c1C(F)(F)F. The second-order valence-corrected chi connectivity index (χ2v) is 8.49. The summed E-state index contributed by atoms with van der Waals surface area (Å²) < 4.78 is 82.2. The van der Waals surface area contributed by atoms with E-state index in [1.165, 1.54) is 24.3 Å². The van der Waals surface area contributed by atoms with Crippen LogP contribution in [-0.4, -0.2) is 26.6 Å². The molecule has 0 spiro atoms. The van der Waals surface area contributed by atoms with Crippen LogP contribution in [0.2, 0.25) is 0 Å². The highest BCUT2D eigenvalue weighted by molar-refractivity contribution is 9.10. The maximum absolute atomic E-state index is 14.2. The van der Waals surface area contributed by atoms with Gasteiger partial charge in [0.25, 0.3) is 11.8 Å². The minimum absolute atomic E-state index is 0.0754. The van der Waals surface area contributed by atoms with Gasteiger partial charge in [-0.1, -0.05) is 12.1 Å². The van der Waals surface area contributed by atoms with Crippen molar-refractivity contribution < 1.29 is 35.9 Å². The Kier molecular flexibility index (Phi) is 5.32. The maximum atomic E-state index is 14.2. The van der Waals surface area contributed by atoms with Crippen LogP contribution in [-0.2, 0) is 12.4 Å². The van der Waals surface area contributed by atoms with E-state index >= 15 is 0 Å². The number of alkyl halides is 6. The average molecular weight is 570 g/mol. The summed E-state index contributed by atoms with van der Waals surface area (Å²) in [6.07, 6.45) is -8.46. The van der Waals surface area contributed by atoms with Crippen molar-refractivity contribution in [2.24, 2.45) is 0 Å². The Labute approximate surface area is 205 Å². The molecule has 0 unspecified atom stereocenters. The number of benzene rings is 2. The number of rotatable bonds is 3. The van der Waals surface area contributed by atoms with Crippen molar-refractivity contribution in [1.29, 1.82) is 0 Å². The third-order valence-electron chi connectivity index (χ3n) is 5.39. The molecule has 14 heteroatoms. The third kappa shape index (κ3) is 3.86. The molecule has 7 nitrogen and oxygen atoms in total. The zero-order valence-electron chi connectivity index (χ0n) is 17.4. The largest absolute Gasteiger partial charge is 0.434 e. The van der Waals surface area contributed by atoms with Crippen LogP contribution in [0.4, 0.5) is 37.7 Å². The number of carbonyl (C=O) groups is 2. The summed E-state index contributed by atoms with van der Waals surface area (Å²) >= 11 is 3.25. The standard InChI is InChI=1S/C22H10BrF6N5O2/c23-13-7-14(10-2-1-3-11-16(10)17(13)33-19(11)35)34-18(22(27,28)29)12(8-31-34)20(36)32-9-4-5-30-15(6-9)21(24,25)26/h1-8H,(H,33,35)(H,30,32,36). The number of aromatic nitrogens is 3. The Morgan fingerprint density at radius 3 is 2.50 bits per heavy atom. The van der Waals surface area contributed by atoms with Gasteiger partial charge in [0.15, 0.2) is 5.69 Å². The first-order valence-electron chi connectivity index (χ1n) is 9.93. The second-order valence-electron chi connectivity index (χ2n) is 7.63. The Morgan fingerprint density at radius 2 is 1.81 bits per heavy atom. The van der Waals surface area contributed by atoms with Gasteiger partial charge in [-0.2, -0.15) is 31.4 Å². The first-order valence-corrected chi connectivity index (χ1v) is 10.7. The van der Waals surface area contributed by atoms with Gasteiger partial charge in [0.1, 0.15) is 5.69 Å². The molecule has 2 amide bonds. The van der Waals surface area contributed by atoms with Crippen molar-refractivity contribution in [2.45, 2.75) is 12.4 Å². The molecule has 4 aromatic rings. The summed E-state index contributed by atoms with van der Waals surface area (Å²) in [5.74, 6) is -1.75. The minimum Gasteiger partial charge on any atom is -0.322 e. The fourth-order valence-electron chi connectivity index (χ4n) is 3.92. The molecule has 0 fully saturated rings. The van der Waals surface area contributed by atoms with E-state index in [-0.39, 0.29) is 21.1 Å². The Morgan fingerprint density at radius 1 is 1.06 bits per heavy atom. The molecule has 5 rings (SSSR count). The minimum atomic E-state index is -5.08. The summed E-state index contributed by atoms with van der Waals surface area (Å²) in [5.41, 5.74) is -3.54. The monoisotopic (exact) mass is 569 g/mol. The summed E-state index contributed by atoms with van der Waals surface area (Å²) in [6, 6.07) is 7.34. The third-order valence-corrected chi connectivity index (χ3v) is 6.02. The number of halogens is 7. The van der Waals surface area contributed by atoms with E-state index < -0.39 is 46.8 Å². The lowest BCUT2D eigenvalue weighted by Crippen LogP contribution is -2.21. The van der Waals surface area contributed by atoms with Crippen molar-refractivity contribution in [3.63, 3.8) is 0 Å². The van der Waals surface area contributed by atoms with Gasteiger partial charge in [0.05, 0.1) is 23.1 Å². The van der Waals surface area contributed by atoms with E-state index in [9.17, 15) is 35.9 Å². The lowest BCUT2D eigenvalue weighted by atomic mass is 10.0. The highest BCUT2D eigenvalue weighted by Gasteiger charge is 2.41. The molecule has 2 aromatic carbocycles. The first-order chi connectivity index (χ1) is 16.9. The van der Waals surface area contributed by atoms with Crippen molar-refractivity contribution in [3.8, 4) is 5.69 Å². The highest BCUT2D eigenvalue weighted by Crippen LogP contribution is 2.43. The molecule has 36 heavy (non-hydrogen) atoms. The van der Waals surface area contributed by atoms with Gasteiger partial charge in [0, 0.05) is 32.7 Å². The van der Waals surface area contributed by atoms with Crippen LogP contribution in [0.15, 0.2) is 53.3 Å². The number of anilines is 2. The molecule has 2 aromatic heterocycles. The highest BCUT2D eigenvalue weighted by atomic mass is 79.9. The van der Waals surface area contributed by atoms with Crippen LogP contribution in [0.25, 0.3) is 16.5 Å². The van der Waals surface area contributed by atoms with Gasteiger partial charge in [-0.15, -0.1) is 0 Å². The first kappa shape index (κ1) is 23.8. The molecule has 1 aliphatic rings. The summed E-state index contributed by atoms with van der Waals surface area (Å²) in [7, 11) is 0. The molecule has 0 aliphatic carbocycles. The Bertz CT molecular complexity index is 1580. The van der Waals surface area contributed by atoms with E-state index in [1.807, 2.05) is 5.32 Å². The topological polar surface area (TPSA) is 88.9 Å². The van der Waals surface area contributed by atoms with Gasteiger partial charge in [-0.05, 0) is 40.2 Å². The molecule has 0 atom stereocenters. The van der Waals surface area contributed by atoms with Gasteiger partial charge in [-0.3, -0.25) is 14.6 Å². The fourth-order valence-corrected chi connectivity index (χ4v) is 4.44. The van der Waals surface area contributed by atoms with Crippen LogP contribution >= 0.6 is 15.9 Å². The van der Waals surface area contributed by atoms with Crippen molar-refractivity contribution in [2.75, 3.05) is 10.6 Å². The smallest absolute Gasteiger partial charge is 0.322 e. The molecule has 0 radical (unpaired) electrons. The van der Waals surface area contributed by atoms with Crippen LogP contribution in [0.1, 0.15) is 32.1 Å². The van der Waals surface area contributed by atoms with E-state index in [0.717, 1.165) is 12.3 Å². The van der Waals surface area contributed by atoms with Crippen LogP contribution < -0.4 is 10.6 Å². The summed E-state index contributed by atoms with van der Waals surface area (Å²) in [6.45, 7) is 0. The fraction of sp³-hybridized carbons (Fsp3) is 0.0909. The molecule has 3 heterocycles. The van der Waals surface area contributed by atoms with Crippen LogP contribution in [0, 0.1) is 0 Å². The van der Waals surface area contributed by atoms with Gasteiger partial charge in [-0.25, -0.2) is 4.68 Å². The average Bonchev–Trinajstić information content (AvgIpc) is 3.39. The van der Waals surface area contributed by atoms with Gasteiger partial charge in [0.2, 0.25) is 0 Å². The lowest BCUT2D eigenvalue weighted by molar-refractivity contribution is -0.143. The molecule has 2 N–H and O–H groups in total. The summed E-state index contributed by atoms with van der Waals surface area (Å²) in [5, 5.41) is 9.09. The van der Waals surface area contributed by atoms with Crippen molar-refractivity contribution in [3.05, 3.63) is 75.8 Å². The number of nitrogens with one attached hydrogen (secondary N) is 2. The maximum Gasteiger partial charge on any atom is 0.434 e. The molecule has 1 aliphatic heterocycles. The molecule has 0 bridgehead atoms. The molecular weight excluding hydrogens is 560 g/mol. The zero-order chi connectivity index (χ0) is 26.0. The lowest BCUT2D eigenvalue weighted by Gasteiger charge is -2.16. The van der Waals surface area contributed by atoms with E-state index in [1.54, 1.807) is 0 Å². The molecular formula is C22H10BrF6N5O2. The van der Waals surface area contributed by atoms with E-state index in [0.29, 0.717) is 28.0 Å². The number of pyridine rings is 1. The van der Waals surface area contributed by atoms with E-state index in [2.05, 4.69) is 31.3 Å². The van der Waals surface area contributed by atoms with Crippen LogP contribution in [0.5, 0.6) is 0 Å². The Hall–Kier alpha value is -3.94. The number of amides is 2. The predicted molar refractivity (Wildman–Crippen MR) is 119 cm³/mol.